The Bertz CT molecular complexity index is 1240. The number of aromatic nitrogens is 4. The molecule has 0 saturated heterocycles. The maximum absolute atomic E-state index is 12.7. The van der Waals surface area contributed by atoms with E-state index >= 15 is 0 Å². The van der Waals surface area contributed by atoms with Gasteiger partial charge in [-0.2, -0.15) is 10.2 Å². The Morgan fingerprint density at radius 2 is 1.87 bits per heavy atom. The molecule has 0 aliphatic carbocycles. The molecule has 2 amide bonds. The third kappa shape index (κ3) is 3.99. The van der Waals surface area contributed by atoms with Crippen LogP contribution in [0.1, 0.15) is 20.8 Å². The number of urea groups is 1. The van der Waals surface area contributed by atoms with Crippen LogP contribution in [0.4, 0.5) is 16.2 Å². The molecule has 0 saturated carbocycles. The van der Waals surface area contributed by atoms with Crippen LogP contribution in [0.2, 0.25) is 10.0 Å². The van der Waals surface area contributed by atoms with Crippen molar-refractivity contribution in [3.8, 4) is 11.3 Å². The number of benzene rings is 2. The molecule has 0 aliphatic rings. The van der Waals surface area contributed by atoms with Gasteiger partial charge in [0.25, 0.3) is 0 Å². The second-order valence-electron chi connectivity index (χ2n) is 7.86. The predicted molar refractivity (Wildman–Crippen MR) is 121 cm³/mol. The van der Waals surface area contributed by atoms with Gasteiger partial charge < -0.3 is 10.6 Å². The van der Waals surface area contributed by atoms with Crippen LogP contribution >= 0.6 is 23.2 Å². The molecule has 0 bridgehead atoms. The normalized spacial score (nSPS) is 11.6. The molecule has 0 unspecified atom stereocenters. The molecule has 0 spiro atoms. The number of carbonyl (C=O) groups is 1. The average molecular weight is 443 g/mol. The highest BCUT2D eigenvalue weighted by Gasteiger charge is 2.21. The summed E-state index contributed by atoms with van der Waals surface area (Å²) in [7, 11) is 0. The maximum atomic E-state index is 12.7. The van der Waals surface area contributed by atoms with Crippen molar-refractivity contribution in [2.24, 2.45) is 0 Å². The fraction of sp³-hybridized carbons (Fsp3) is 0.190. The third-order valence-corrected chi connectivity index (χ3v) is 5.38. The van der Waals surface area contributed by atoms with E-state index in [0.717, 1.165) is 16.5 Å². The van der Waals surface area contributed by atoms with E-state index in [0.29, 0.717) is 22.1 Å². The molecular formula is C21H20Cl2N6O. The van der Waals surface area contributed by atoms with Crippen molar-refractivity contribution in [1.82, 2.24) is 20.0 Å². The average Bonchev–Trinajstić information content (AvgIpc) is 3.31. The van der Waals surface area contributed by atoms with Crippen molar-refractivity contribution < 1.29 is 4.79 Å². The van der Waals surface area contributed by atoms with E-state index in [4.69, 9.17) is 28.3 Å². The third-order valence-electron chi connectivity index (χ3n) is 4.56. The summed E-state index contributed by atoms with van der Waals surface area (Å²) in [6.07, 6.45) is 3.56. The first kappa shape index (κ1) is 20.3. The monoisotopic (exact) mass is 442 g/mol. The zero-order valence-corrected chi connectivity index (χ0v) is 18.1. The van der Waals surface area contributed by atoms with E-state index in [-0.39, 0.29) is 10.6 Å². The summed E-state index contributed by atoms with van der Waals surface area (Å²) in [5, 5.41) is 18.9. The smallest absolute Gasteiger partial charge is 0.306 e. The van der Waals surface area contributed by atoms with Crippen LogP contribution in [0.3, 0.4) is 0 Å². The van der Waals surface area contributed by atoms with Crippen LogP contribution in [-0.4, -0.2) is 26.0 Å². The van der Waals surface area contributed by atoms with E-state index in [1.165, 1.54) is 0 Å². The molecule has 0 atom stereocenters. The van der Waals surface area contributed by atoms with Crippen molar-refractivity contribution in [3.63, 3.8) is 0 Å². The van der Waals surface area contributed by atoms with Crippen molar-refractivity contribution in [3.05, 3.63) is 58.8 Å². The van der Waals surface area contributed by atoms with Gasteiger partial charge >= 0.3 is 6.03 Å². The van der Waals surface area contributed by atoms with Gasteiger partial charge in [0.05, 0.1) is 38.7 Å². The number of amides is 2. The molecule has 0 aliphatic heterocycles. The summed E-state index contributed by atoms with van der Waals surface area (Å²) in [4.78, 5) is 12.7. The Balaban J connectivity index is 1.68. The van der Waals surface area contributed by atoms with Gasteiger partial charge in [-0.1, -0.05) is 35.3 Å². The van der Waals surface area contributed by atoms with Crippen LogP contribution in [0, 0.1) is 0 Å². The summed E-state index contributed by atoms with van der Waals surface area (Å²) in [5.74, 6) is 0. The summed E-state index contributed by atoms with van der Waals surface area (Å²) >= 11 is 12.2. The van der Waals surface area contributed by atoms with E-state index in [2.05, 4.69) is 20.8 Å². The maximum Gasteiger partial charge on any atom is 0.323 e. The molecule has 2 aromatic heterocycles. The molecule has 154 valence electrons. The van der Waals surface area contributed by atoms with Gasteiger partial charge in [-0.3, -0.25) is 9.78 Å². The lowest BCUT2D eigenvalue weighted by Crippen LogP contribution is -2.22. The fourth-order valence-corrected chi connectivity index (χ4v) is 3.34. The van der Waals surface area contributed by atoms with E-state index in [1.807, 2.05) is 49.8 Å². The van der Waals surface area contributed by atoms with Crippen LogP contribution in [0.25, 0.3) is 22.2 Å². The Morgan fingerprint density at radius 3 is 2.63 bits per heavy atom. The zero-order valence-electron chi connectivity index (χ0n) is 16.6. The Labute approximate surface area is 183 Å². The summed E-state index contributed by atoms with van der Waals surface area (Å²) < 4.78 is 1.82. The standard InChI is InChI=1S/C21H20Cl2N6O/c1-21(2,3)29-11-17(26-20(30)25-16-6-4-5-14(22)18(16)23)19(28-29)12-7-8-15-13(9-12)10-24-27-15/h4-11H,1-3H3,(H,24,27)(H2,25,26,30). The Hall–Kier alpha value is -3.03. The SMILES string of the molecule is CC(C)(C)n1cc(NC(=O)Nc2cccc(Cl)c2Cl)c(-c2ccc3[nH]ncc3c2)n1. The highest BCUT2D eigenvalue weighted by atomic mass is 35.5. The van der Waals surface area contributed by atoms with Gasteiger partial charge in [-0.15, -0.1) is 0 Å². The van der Waals surface area contributed by atoms with Gasteiger partial charge in [-0.25, -0.2) is 4.79 Å². The lowest BCUT2D eigenvalue weighted by atomic mass is 10.1. The fourth-order valence-electron chi connectivity index (χ4n) is 2.99. The highest BCUT2D eigenvalue weighted by Crippen LogP contribution is 2.32. The molecule has 2 aromatic carbocycles. The van der Waals surface area contributed by atoms with Crippen LogP contribution in [0.15, 0.2) is 48.8 Å². The minimum atomic E-state index is -0.446. The molecule has 30 heavy (non-hydrogen) atoms. The van der Waals surface area contributed by atoms with Crippen molar-refractivity contribution in [2.75, 3.05) is 10.6 Å². The van der Waals surface area contributed by atoms with Gasteiger partial charge in [0.15, 0.2) is 0 Å². The van der Waals surface area contributed by atoms with Crippen LogP contribution in [-0.2, 0) is 5.54 Å². The van der Waals surface area contributed by atoms with Gasteiger partial charge in [0.2, 0.25) is 0 Å². The number of rotatable bonds is 3. The molecule has 9 heteroatoms. The van der Waals surface area contributed by atoms with Crippen molar-refractivity contribution >= 4 is 51.5 Å². The lowest BCUT2D eigenvalue weighted by molar-refractivity contribution is 0.262. The Kier molecular flexibility index (Phi) is 5.17. The van der Waals surface area contributed by atoms with Crippen LogP contribution in [0.5, 0.6) is 0 Å². The first-order valence-corrected chi connectivity index (χ1v) is 10.0. The number of anilines is 2. The van der Waals surface area contributed by atoms with Crippen LogP contribution < -0.4 is 10.6 Å². The molecule has 4 aromatic rings. The van der Waals surface area contributed by atoms with Gasteiger partial charge in [0.1, 0.15) is 5.69 Å². The molecule has 0 radical (unpaired) electrons. The first-order chi connectivity index (χ1) is 14.2. The number of H-pyrrole nitrogens is 1. The minimum Gasteiger partial charge on any atom is -0.306 e. The predicted octanol–water partition coefficient (Wildman–Crippen LogP) is 6.13. The number of carbonyl (C=O) groups excluding carboxylic acids is 1. The van der Waals surface area contributed by atoms with Crippen molar-refractivity contribution in [1.29, 1.82) is 0 Å². The number of halogens is 2. The van der Waals surface area contributed by atoms with E-state index < -0.39 is 6.03 Å². The van der Waals surface area contributed by atoms with Gasteiger partial charge in [-0.05, 0) is 45.0 Å². The summed E-state index contributed by atoms with van der Waals surface area (Å²) in [6, 6.07) is 10.5. The minimum absolute atomic E-state index is 0.263. The Morgan fingerprint density at radius 1 is 1.10 bits per heavy atom. The highest BCUT2D eigenvalue weighted by molar-refractivity contribution is 6.44. The summed E-state index contributed by atoms with van der Waals surface area (Å²) in [6.45, 7) is 6.12. The second-order valence-corrected chi connectivity index (χ2v) is 8.64. The van der Waals surface area contributed by atoms with Crippen molar-refractivity contribution in [2.45, 2.75) is 26.3 Å². The molecule has 3 N–H and O–H groups in total. The molecule has 0 fully saturated rings. The molecule has 2 heterocycles. The molecular weight excluding hydrogens is 423 g/mol. The molecule has 4 rings (SSSR count). The second kappa shape index (κ2) is 7.66. The molecule has 7 nitrogen and oxygen atoms in total. The topological polar surface area (TPSA) is 87.6 Å². The van der Waals surface area contributed by atoms with E-state index in [9.17, 15) is 4.79 Å². The number of hydrogen-bond acceptors (Lipinski definition) is 3. The summed E-state index contributed by atoms with van der Waals surface area (Å²) in [5.41, 5.74) is 3.18. The van der Waals surface area contributed by atoms with E-state index in [1.54, 1.807) is 24.4 Å². The lowest BCUT2D eigenvalue weighted by Gasteiger charge is -2.18. The van der Waals surface area contributed by atoms with Gasteiger partial charge in [0, 0.05) is 17.1 Å². The number of nitrogens with one attached hydrogen (secondary N) is 3. The number of fused-ring (bicyclic) bond motifs is 1. The quantitative estimate of drug-likeness (QED) is 0.356. The number of hydrogen-bond donors (Lipinski definition) is 3. The first-order valence-electron chi connectivity index (χ1n) is 9.28. The zero-order chi connectivity index (χ0) is 21.5. The number of aromatic amines is 1. The largest absolute Gasteiger partial charge is 0.323 e. The number of nitrogens with zero attached hydrogens (tertiary/aromatic N) is 3.